The van der Waals surface area contributed by atoms with Gasteiger partial charge in [-0.2, -0.15) is 0 Å². The zero-order chi connectivity index (χ0) is 13.8. The molecule has 1 aliphatic rings. The summed E-state index contributed by atoms with van der Waals surface area (Å²) in [7, 11) is 1.62. The molecule has 5 heteroatoms. The van der Waals surface area contributed by atoms with Crippen molar-refractivity contribution >= 4 is 11.8 Å². The molecule has 0 atom stereocenters. The van der Waals surface area contributed by atoms with E-state index in [1.165, 1.54) is 18.2 Å². The third-order valence-corrected chi connectivity index (χ3v) is 3.47. The number of hydrogen-bond acceptors (Lipinski definition) is 2. The van der Waals surface area contributed by atoms with Gasteiger partial charge in [0.1, 0.15) is 5.82 Å². The lowest BCUT2D eigenvalue weighted by atomic mass is 9.95. The van der Waals surface area contributed by atoms with Crippen molar-refractivity contribution in [2.45, 2.75) is 12.8 Å². The van der Waals surface area contributed by atoms with E-state index in [-0.39, 0.29) is 17.7 Å². The van der Waals surface area contributed by atoms with E-state index in [9.17, 15) is 14.0 Å². The van der Waals surface area contributed by atoms with E-state index in [1.807, 2.05) is 0 Å². The molecular formula is C14H17FN2O2. The lowest BCUT2D eigenvalue weighted by Gasteiger charge is -2.31. The fraction of sp³-hybridized carbons (Fsp3) is 0.429. The summed E-state index contributed by atoms with van der Waals surface area (Å²) in [6, 6.07) is 5.69. The third-order valence-electron chi connectivity index (χ3n) is 3.47. The monoisotopic (exact) mass is 264 g/mol. The number of nitrogens with zero attached hydrogens (tertiary/aromatic N) is 1. The number of likely N-dealkylation sites (tertiary alicyclic amines) is 1. The van der Waals surface area contributed by atoms with E-state index in [4.69, 9.17) is 0 Å². The summed E-state index contributed by atoms with van der Waals surface area (Å²) in [5.74, 6) is -0.583. The normalized spacial score (nSPS) is 16.2. The highest BCUT2D eigenvalue weighted by atomic mass is 19.1. The maximum absolute atomic E-state index is 13.1. The van der Waals surface area contributed by atoms with Gasteiger partial charge in [-0.25, -0.2) is 4.39 Å². The van der Waals surface area contributed by atoms with Crippen LogP contribution in [-0.2, 0) is 4.79 Å². The van der Waals surface area contributed by atoms with Gasteiger partial charge in [0.2, 0.25) is 5.91 Å². The number of piperidine rings is 1. The van der Waals surface area contributed by atoms with Crippen LogP contribution in [-0.4, -0.2) is 36.9 Å². The van der Waals surface area contributed by atoms with Crippen molar-refractivity contribution in [2.75, 3.05) is 20.1 Å². The molecule has 2 amide bonds. The number of rotatable bonds is 2. The highest BCUT2D eigenvalue weighted by molar-refractivity contribution is 5.94. The Kier molecular flexibility index (Phi) is 4.14. The molecule has 1 saturated heterocycles. The van der Waals surface area contributed by atoms with Crippen LogP contribution in [0, 0.1) is 11.7 Å². The average Bonchev–Trinajstić information content (AvgIpc) is 2.46. The predicted molar refractivity (Wildman–Crippen MR) is 69.1 cm³/mol. The molecule has 0 radical (unpaired) electrons. The number of nitrogens with one attached hydrogen (secondary N) is 1. The largest absolute Gasteiger partial charge is 0.359 e. The van der Waals surface area contributed by atoms with Gasteiger partial charge in [-0.15, -0.1) is 0 Å². The van der Waals surface area contributed by atoms with Gasteiger partial charge >= 0.3 is 0 Å². The van der Waals surface area contributed by atoms with Gasteiger partial charge in [0.25, 0.3) is 5.91 Å². The minimum Gasteiger partial charge on any atom is -0.359 e. The number of benzene rings is 1. The second-order valence-corrected chi connectivity index (χ2v) is 4.69. The van der Waals surface area contributed by atoms with Gasteiger partial charge in [-0.05, 0) is 31.0 Å². The molecule has 0 bridgehead atoms. The standard InChI is InChI=1S/C14H17FN2O2/c1-16-13(18)10-5-7-17(8-6-10)14(19)11-3-2-4-12(15)9-11/h2-4,9-10H,5-8H2,1H3,(H,16,18). The summed E-state index contributed by atoms with van der Waals surface area (Å²) in [5.41, 5.74) is 0.360. The molecule has 0 spiro atoms. The maximum atomic E-state index is 13.1. The van der Waals surface area contributed by atoms with Crippen molar-refractivity contribution < 1.29 is 14.0 Å². The maximum Gasteiger partial charge on any atom is 0.253 e. The summed E-state index contributed by atoms with van der Waals surface area (Å²) in [5, 5.41) is 2.63. The Labute approximate surface area is 111 Å². The van der Waals surface area contributed by atoms with Gasteiger partial charge < -0.3 is 10.2 Å². The van der Waals surface area contributed by atoms with Gasteiger partial charge in [-0.1, -0.05) is 6.07 Å². The van der Waals surface area contributed by atoms with E-state index in [2.05, 4.69) is 5.32 Å². The molecule has 0 unspecified atom stereocenters. The highest BCUT2D eigenvalue weighted by Gasteiger charge is 2.27. The Morgan fingerprint density at radius 2 is 2.00 bits per heavy atom. The first-order chi connectivity index (χ1) is 9.11. The van der Waals surface area contributed by atoms with E-state index in [0.717, 1.165) is 0 Å². The number of carbonyl (C=O) groups is 2. The minimum absolute atomic E-state index is 0.0258. The summed E-state index contributed by atoms with van der Waals surface area (Å²) in [4.78, 5) is 25.3. The van der Waals surface area contributed by atoms with E-state index < -0.39 is 5.82 Å². The Balaban J connectivity index is 1.98. The van der Waals surface area contributed by atoms with E-state index in [1.54, 1.807) is 18.0 Å². The van der Waals surface area contributed by atoms with Crippen LogP contribution >= 0.6 is 0 Å². The van der Waals surface area contributed by atoms with Crippen molar-refractivity contribution in [3.8, 4) is 0 Å². The fourth-order valence-corrected chi connectivity index (χ4v) is 2.35. The van der Waals surface area contributed by atoms with Crippen molar-refractivity contribution in [3.05, 3.63) is 35.6 Å². The van der Waals surface area contributed by atoms with Crippen molar-refractivity contribution in [1.82, 2.24) is 10.2 Å². The molecule has 1 aromatic carbocycles. The molecule has 0 saturated carbocycles. The molecule has 1 N–H and O–H groups in total. The van der Waals surface area contributed by atoms with Crippen LogP contribution in [0.3, 0.4) is 0 Å². The Morgan fingerprint density at radius 3 is 2.58 bits per heavy atom. The van der Waals surface area contributed by atoms with Gasteiger partial charge in [0, 0.05) is 31.6 Å². The Bertz CT molecular complexity index is 482. The predicted octanol–water partition coefficient (Wildman–Crippen LogP) is 1.42. The van der Waals surface area contributed by atoms with Gasteiger partial charge in [0.15, 0.2) is 0 Å². The number of halogens is 1. The van der Waals surface area contributed by atoms with Crippen LogP contribution < -0.4 is 5.32 Å². The van der Waals surface area contributed by atoms with Gasteiger partial charge in [-0.3, -0.25) is 9.59 Å². The van der Waals surface area contributed by atoms with E-state index in [0.29, 0.717) is 31.5 Å². The first-order valence-electron chi connectivity index (χ1n) is 6.38. The molecule has 1 heterocycles. The molecule has 0 aliphatic carbocycles. The zero-order valence-corrected chi connectivity index (χ0v) is 10.9. The number of hydrogen-bond donors (Lipinski definition) is 1. The molecule has 4 nitrogen and oxygen atoms in total. The topological polar surface area (TPSA) is 49.4 Å². The van der Waals surface area contributed by atoms with Crippen LogP contribution in [0.4, 0.5) is 4.39 Å². The first kappa shape index (κ1) is 13.5. The molecule has 102 valence electrons. The molecular weight excluding hydrogens is 247 g/mol. The highest BCUT2D eigenvalue weighted by Crippen LogP contribution is 2.19. The van der Waals surface area contributed by atoms with Crippen LogP contribution in [0.25, 0.3) is 0 Å². The quantitative estimate of drug-likeness (QED) is 0.878. The van der Waals surface area contributed by atoms with Gasteiger partial charge in [0.05, 0.1) is 0 Å². The molecule has 19 heavy (non-hydrogen) atoms. The summed E-state index contributed by atoms with van der Waals surface area (Å²) < 4.78 is 13.1. The average molecular weight is 264 g/mol. The number of carbonyl (C=O) groups excluding carboxylic acids is 2. The zero-order valence-electron chi connectivity index (χ0n) is 10.9. The Hall–Kier alpha value is -1.91. The summed E-state index contributed by atoms with van der Waals surface area (Å²) >= 11 is 0. The second-order valence-electron chi connectivity index (χ2n) is 4.69. The third kappa shape index (κ3) is 3.10. The van der Waals surface area contributed by atoms with Crippen molar-refractivity contribution in [3.63, 3.8) is 0 Å². The van der Waals surface area contributed by atoms with Crippen LogP contribution in [0.1, 0.15) is 23.2 Å². The van der Waals surface area contributed by atoms with Crippen LogP contribution in [0.15, 0.2) is 24.3 Å². The van der Waals surface area contributed by atoms with Crippen molar-refractivity contribution in [2.24, 2.45) is 5.92 Å². The first-order valence-corrected chi connectivity index (χ1v) is 6.38. The molecule has 1 aromatic rings. The smallest absolute Gasteiger partial charge is 0.253 e. The Morgan fingerprint density at radius 1 is 1.32 bits per heavy atom. The molecule has 1 aliphatic heterocycles. The SMILES string of the molecule is CNC(=O)C1CCN(C(=O)c2cccc(F)c2)CC1. The van der Waals surface area contributed by atoms with E-state index >= 15 is 0 Å². The lowest BCUT2D eigenvalue weighted by Crippen LogP contribution is -2.42. The summed E-state index contributed by atoms with van der Waals surface area (Å²) in [6.07, 6.45) is 1.31. The molecule has 2 rings (SSSR count). The molecule has 1 fully saturated rings. The summed E-state index contributed by atoms with van der Waals surface area (Å²) in [6.45, 7) is 1.07. The van der Waals surface area contributed by atoms with Crippen molar-refractivity contribution in [1.29, 1.82) is 0 Å². The molecule has 0 aromatic heterocycles. The van der Waals surface area contributed by atoms with Crippen LogP contribution in [0.2, 0.25) is 0 Å². The second kappa shape index (κ2) is 5.82. The minimum atomic E-state index is -0.411. The fourth-order valence-electron chi connectivity index (χ4n) is 2.35. The lowest BCUT2D eigenvalue weighted by molar-refractivity contribution is -0.125. The number of amides is 2. The van der Waals surface area contributed by atoms with Crippen LogP contribution in [0.5, 0.6) is 0 Å².